The van der Waals surface area contributed by atoms with Gasteiger partial charge in [0.25, 0.3) is 0 Å². The lowest BCUT2D eigenvalue weighted by molar-refractivity contribution is 0.606. The third kappa shape index (κ3) is 1.82. The molecule has 0 aromatic heterocycles. The number of nitriles is 1. The van der Waals surface area contributed by atoms with E-state index in [-0.39, 0.29) is 11.0 Å². The van der Waals surface area contributed by atoms with Gasteiger partial charge in [-0.05, 0) is 17.7 Å². The molecule has 1 aromatic carbocycles. The van der Waals surface area contributed by atoms with Gasteiger partial charge in [0.15, 0.2) is 0 Å². The summed E-state index contributed by atoms with van der Waals surface area (Å²) in [5.74, 6) is -0.472. The molecule has 2 heteroatoms. The van der Waals surface area contributed by atoms with Crippen molar-refractivity contribution in [3.05, 3.63) is 47.8 Å². The first-order valence-corrected chi connectivity index (χ1v) is 4.35. The normalized spacial score (nSPS) is 10.7. The Morgan fingerprint density at radius 2 is 2.14 bits per heavy atom. The Morgan fingerprint density at radius 1 is 1.50 bits per heavy atom. The van der Waals surface area contributed by atoms with Crippen LogP contribution in [0.15, 0.2) is 30.9 Å². The Morgan fingerprint density at radius 3 is 2.57 bits per heavy atom. The van der Waals surface area contributed by atoms with Gasteiger partial charge in [0, 0.05) is 5.41 Å². The summed E-state index contributed by atoms with van der Waals surface area (Å²) in [5, 5.41) is 8.56. The average molecular weight is 189 g/mol. The van der Waals surface area contributed by atoms with Crippen LogP contribution in [0, 0.1) is 17.1 Å². The molecule has 14 heavy (non-hydrogen) atoms. The first-order chi connectivity index (χ1) is 6.51. The van der Waals surface area contributed by atoms with Crippen molar-refractivity contribution in [2.75, 3.05) is 0 Å². The summed E-state index contributed by atoms with van der Waals surface area (Å²) < 4.78 is 13.3. The molecule has 0 bridgehead atoms. The number of allylic oxidation sites excluding steroid dienone is 1. The first-order valence-electron chi connectivity index (χ1n) is 4.35. The SMILES string of the molecule is C=CC(C)(C)c1ccc(C#N)c(F)c1. The molecule has 1 rings (SSSR count). The topological polar surface area (TPSA) is 23.8 Å². The monoisotopic (exact) mass is 189 g/mol. The Hall–Kier alpha value is -1.62. The van der Waals surface area contributed by atoms with Crippen LogP contribution in [0.5, 0.6) is 0 Å². The standard InChI is InChI=1S/C12H12FN/c1-4-12(2,3)10-6-5-9(8-14)11(13)7-10/h4-7H,1H2,2-3H3. The maximum absolute atomic E-state index is 13.3. The molecule has 0 N–H and O–H groups in total. The molecule has 0 heterocycles. The number of benzene rings is 1. The third-order valence-electron chi connectivity index (χ3n) is 2.34. The van der Waals surface area contributed by atoms with E-state index in [4.69, 9.17) is 5.26 Å². The number of halogens is 1. The fraction of sp³-hybridized carbons (Fsp3) is 0.250. The molecule has 0 fully saturated rings. The molecular formula is C12H12FN. The van der Waals surface area contributed by atoms with Crippen LogP contribution < -0.4 is 0 Å². The summed E-state index contributed by atoms with van der Waals surface area (Å²) in [7, 11) is 0. The molecular weight excluding hydrogens is 177 g/mol. The van der Waals surface area contributed by atoms with Crippen molar-refractivity contribution < 1.29 is 4.39 Å². The van der Waals surface area contributed by atoms with Crippen LogP contribution in [0.2, 0.25) is 0 Å². The summed E-state index contributed by atoms with van der Waals surface area (Å²) in [6.07, 6.45) is 1.76. The Labute approximate surface area is 83.5 Å². The van der Waals surface area contributed by atoms with Crippen molar-refractivity contribution in [3.63, 3.8) is 0 Å². The summed E-state index contributed by atoms with van der Waals surface area (Å²) in [6, 6.07) is 6.43. The Bertz CT molecular complexity index is 399. The minimum atomic E-state index is -0.472. The molecule has 0 saturated heterocycles. The number of hydrogen-bond acceptors (Lipinski definition) is 1. The largest absolute Gasteiger partial charge is 0.206 e. The van der Waals surface area contributed by atoms with Gasteiger partial charge in [-0.3, -0.25) is 0 Å². The lowest BCUT2D eigenvalue weighted by Crippen LogP contribution is -2.13. The molecule has 0 spiro atoms. The Balaban J connectivity index is 3.23. The number of rotatable bonds is 2. The zero-order chi connectivity index (χ0) is 10.8. The van der Waals surface area contributed by atoms with E-state index in [1.165, 1.54) is 12.1 Å². The molecule has 0 aliphatic carbocycles. The summed E-state index contributed by atoms with van der Waals surface area (Å²) in [4.78, 5) is 0. The van der Waals surface area contributed by atoms with E-state index < -0.39 is 5.82 Å². The average Bonchev–Trinajstić information content (AvgIpc) is 2.17. The van der Waals surface area contributed by atoms with Crippen LogP contribution in [0.3, 0.4) is 0 Å². The highest BCUT2D eigenvalue weighted by molar-refractivity contribution is 5.37. The van der Waals surface area contributed by atoms with E-state index in [2.05, 4.69) is 6.58 Å². The minimum absolute atomic E-state index is 0.0774. The quantitative estimate of drug-likeness (QED) is 0.655. The van der Waals surface area contributed by atoms with Gasteiger partial charge in [0.1, 0.15) is 11.9 Å². The van der Waals surface area contributed by atoms with Crippen LogP contribution in [0.1, 0.15) is 25.0 Å². The minimum Gasteiger partial charge on any atom is -0.206 e. The van der Waals surface area contributed by atoms with E-state index >= 15 is 0 Å². The van der Waals surface area contributed by atoms with E-state index in [1.54, 1.807) is 18.2 Å². The van der Waals surface area contributed by atoms with Crippen LogP contribution in [0.4, 0.5) is 4.39 Å². The van der Waals surface area contributed by atoms with Crippen LogP contribution in [0.25, 0.3) is 0 Å². The van der Waals surface area contributed by atoms with Crippen molar-refractivity contribution in [2.24, 2.45) is 0 Å². The smallest absolute Gasteiger partial charge is 0.141 e. The second-order valence-electron chi connectivity index (χ2n) is 3.73. The highest BCUT2D eigenvalue weighted by Crippen LogP contribution is 2.25. The second kappa shape index (κ2) is 3.63. The highest BCUT2D eigenvalue weighted by atomic mass is 19.1. The van der Waals surface area contributed by atoms with Crippen molar-refractivity contribution in [3.8, 4) is 6.07 Å². The van der Waals surface area contributed by atoms with Gasteiger partial charge in [-0.1, -0.05) is 26.0 Å². The van der Waals surface area contributed by atoms with Gasteiger partial charge in [-0.2, -0.15) is 5.26 Å². The number of nitrogens with zero attached hydrogens (tertiary/aromatic N) is 1. The molecule has 0 atom stereocenters. The van der Waals surface area contributed by atoms with E-state index in [9.17, 15) is 4.39 Å². The van der Waals surface area contributed by atoms with Crippen molar-refractivity contribution in [1.29, 1.82) is 5.26 Å². The van der Waals surface area contributed by atoms with Gasteiger partial charge in [-0.15, -0.1) is 6.58 Å². The predicted octanol–water partition coefficient (Wildman–Crippen LogP) is 3.16. The molecule has 72 valence electrons. The van der Waals surface area contributed by atoms with Crippen molar-refractivity contribution in [1.82, 2.24) is 0 Å². The summed E-state index contributed by atoms with van der Waals surface area (Å²) >= 11 is 0. The summed E-state index contributed by atoms with van der Waals surface area (Å²) in [5.41, 5.74) is 0.632. The molecule has 0 saturated carbocycles. The second-order valence-corrected chi connectivity index (χ2v) is 3.73. The third-order valence-corrected chi connectivity index (χ3v) is 2.34. The predicted molar refractivity (Wildman–Crippen MR) is 54.3 cm³/mol. The number of hydrogen-bond donors (Lipinski definition) is 0. The first kappa shape index (κ1) is 10.5. The maximum Gasteiger partial charge on any atom is 0.141 e. The lowest BCUT2D eigenvalue weighted by atomic mass is 9.84. The summed E-state index contributed by atoms with van der Waals surface area (Å²) in [6.45, 7) is 7.58. The molecule has 0 aliphatic rings. The fourth-order valence-corrected chi connectivity index (χ4v) is 1.12. The van der Waals surface area contributed by atoms with Gasteiger partial charge >= 0.3 is 0 Å². The van der Waals surface area contributed by atoms with E-state index in [0.717, 1.165) is 5.56 Å². The van der Waals surface area contributed by atoms with Crippen LogP contribution >= 0.6 is 0 Å². The Kier molecular flexibility index (Phi) is 2.71. The van der Waals surface area contributed by atoms with Gasteiger partial charge < -0.3 is 0 Å². The van der Waals surface area contributed by atoms with Crippen LogP contribution in [-0.2, 0) is 5.41 Å². The molecule has 0 radical (unpaired) electrons. The molecule has 1 aromatic rings. The molecule has 0 aliphatic heterocycles. The van der Waals surface area contributed by atoms with E-state index in [1.807, 2.05) is 13.8 Å². The van der Waals surface area contributed by atoms with Gasteiger partial charge in [0.2, 0.25) is 0 Å². The van der Waals surface area contributed by atoms with Crippen LogP contribution in [-0.4, -0.2) is 0 Å². The molecule has 0 unspecified atom stereocenters. The molecule has 0 amide bonds. The van der Waals surface area contributed by atoms with Gasteiger partial charge in [0.05, 0.1) is 5.56 Å². The fourth-order valence-electron chi connectivity index (χ4n) is 1.12. The maximum atomic E-state index is 13.3. The zero-order valence-electron chi connectivity index (χ0n) is 8.34. The highest BCUT2D eigenvalue weighted by Gasteiger charge is 2.17. The van der Waals surface area contributed by atoms with Crippen molar-refractivity contribution in [2.45, 2.75) is 19.3 Å². The van der Waals surface area contributed by atoms with E-state index in [0.29, 0.717) is 0 Å². The van der Waals surface area contributed by atoms with Gasteiger partial charge in [-0.25, -0.2) is 4.39 Å². The lowest BCUT2D eigenvalue weighted by Gasteiger charge is -2.20. The molecule has 1 nitrogen and oxygen atoms in total. The van der Waals surface area contributed by atoms with Crippen molar-refractivity contribution >= 4 is 0 Å². The zero-order valence-corrected chi connectivity index (χ0v) is 8.34.